The van der Waals surface area contributed by atoms with Crippen LogP contribution in [0.2, 0.25) is 0 Å². The van der Waals surface area contributed by atoms with E-state index in [-0.39, 0.29) is 34.2 Å². The predicted molar refractivity (Wildman–Crippen MR) is 109 cm³/mol. The first-order chi connectivity index (χ1) is 13.6. The van der Waals surface area contributed by atoms with Crippen molar-refractivity contribution in [3.05, 3.63) is 59.9 Å². The zero-order valence-electron chi connectivity index (χ0n) is 16.4. The summed E-state index contributed by atoms with van der Waals surface area (Å²) < 4.78 is 68.2. The molecule has 3 rings (SSSR count). The first kappa shape index (κ1) is 21.9. The van der Waals surface area contributed by atoms with Crippen LogP contribution in [0.1, 0.15) is 38.7 Å². The van der Waals surface area contributed by atoms with Crippen molar-refractivity contribution in [1.82, 2.24) is 9.03 Å². The fourth-order valence-corrected chi connectivity index (χ4v) is 5.86. The topological polar surface area (TPSA) is 83.6 Å². The van der Waals surface area contributed by atoms with Crippen LogP contribution in [0.25, 0.3) is 0 Å². The van der Waals surface area contributed by atoms with Crippen LogP contribution in [-0.4, -0.2) is 33.2 Å². The maximum absolute atomic E-state index is 13.2. The zero-order valence-corrected chi connectivity index (χ0v) is 18.0. The Morgan fingerprint density at radius 3 is 2.07 bits per heavy atom. The molecule has 2 aromatic carbocycles. The van der Waals surface area contributed by atoms with Crippen LogP contribution in [-0.2, 0) is 26.6 Å². The number of nitrogens with one attached hydrogen (secondary N) is 1. The highest BCUT2D eigenvalue weighted by Gasteiger charge is 2.30. The van der Waals surface area contributed by atoms with Gasteiger partial charge in [-0.25, -0.2) is 25.9 Å². The highest BCUT2D eigenvalue weighted by atomic mass is 32.2. The van der Waals surface area contributed by atoms with Crippen LogP contribution in [0.5, 0.6) is 0 Å². The van der Waals surface area contributed by atoms with E-state index >= 15 is 0 Å². The Labute approximate surface area is 171 Å². The average Bonchev–Trinajstić information content (AvgIpc) is 3.50. The van der Waals surface area contributed by atoms with Crippen molar-refractivity contribution in [2.45, 2.75) is 61.5 Å². The molecule has 6 nitrogen and oxygen atoms in total. The van der Waals surface area contributed by atoms with E-state index < -0.39 is 20.0 Å². The smallest absolute Gasteiger partial charge is 0.208 e. The second kappa shape index (κ2) is 8.51. The van der Waals surface area contributed by atoms with Gasteiger partial charge in [0.25, 0.3) is 0 Å². The molecule has 1 N–H and O–H groups in total. The van der Waals surface area contributed by atoms with Gasteiger partial charge in [-0.15, -0.1) is 0 Å². The van der Waals surface area contributed by atoms with Gasteiger partial charge in [-0.3, -0.25) is 0 Å². The highest BCUT2D eigenvalue weighted by Crippen LogP contribution is 2.25. The lowest BCUT2D eigenvalue weighted by atomic mass is 10.2. The van der Waals surface area contributed by atoms with Crippen molar-refractivity contribution in [2.24, 2.45) is 0 Å². The molecule has 158 valence electrons. The average molecular weight is 441 g/mol. The molecule has 0 aliphatic heterocycles. The van der Waals surface area contributed by atoms with Crippen LogP contribution in [0.3, 0.4) is 0 Å². The lowest BCUT2D eigenvalue weighted by Gasteiger charge is -2.28. The molecule has 1 aliphatic rings. The van der Waals surface area contributed by atoms with E-state index in [1.54, 1.807) is 19.1 Å². The third-order valence-corrected chi connectivity index (χ3v) is 8.48. The molecule has 0 saturated heterocycles. The van der Waals surface area contributed by atoms with Crippen molar-refractivity contribution in [2.75, 3.05) is 0 Å². The van der Waals surface area contributed by atoms with Gasteiger partial charge in [0.1, 0.15) is 5.82 Å². The molecule has 1 aliphatic carbocycles. The van der Waals surface area contributed by atoms with Gasteiger partial charge in [0.05, 0.1) is 9.79 Å². The first-order valence-corrected chi connectivity index (χ1v) is 12.4. The minimum absolute atomic E-state index is 0.0188. The highest BCUT2D eigenvalue weighted by molar-refractivity contribution is 7.89. The van der Waals surface area contributed by atoms with Crippen LogP contribution >= 0.6 is 0 Å². The van der Waals surface area contributed by atoms with Crippen LogP contribution < -0.4 is 4.72 Å². The molecule has 0 radical (unpaired) electrons. The fourth-order valence-electron chi connectivity index (χ4n) is 2.87. The molecule has 9 heteroatoms. The van der Waals surface area contributed by atoms with Gasteiger partial charge in [-0.1, -0.05) is 19.1 Å². The van der Waals surface area contributed by atoms with Gasteiger partial charge in [-0.2, -0.15) is 4.31 Å². The summed E-state index contributed by atoms with van der Waals surface area (Å²) in [5, 5.41) is 0. The van der Waals surface area contributed by atoms with Crippen molar-refractivity contribution >= 4 is 20.0 Å². The molecule has 1 saturated carbocycles. The van der Waals surface area contributed by atoms with Gasteiger partial charge in [0.15, 0.2) is 0 Å². The van der Waals surface area contributed by atoms with E-state index in [9.17, 15) is 21.2 Å². The van der Waals surface area contributed by atoms with Gasteiger partial charge in [-0.05, 0) is 68.1 Å². The minimum Gasteiger partial charge on any atom is -0.208 e. The lowest BCUT2D eigenvalue weighted by molar-refractivity contribution is 0.323. The second-order valence-corrected chi connectivity index (χ2v) is 10.9. The van der Waals surface area contributed by atoms with Crippen LogP contribution in [0.4, 0.5) is 4.39 Å². The normalized spacial score (nSPS) is 16.1. The quantitative estimate of drug-likeness (QED) is 0.649. The number of benzene rings is 2. The van der Waals surface area contributed by atoms with Crippen molar-refractivity contribution < 1.29 is 21.2 Å². The summed E-state index contributed by atoms with van der Waals surface area (Å²) >= 11 is 0. The molecule has 2 aromatic rings. The summed E-state index contributed by atoms with van der Waals surface area (Å²) in [7, 11) is -7.52. The molecular formula is C20H25FN2O4S2. The van der Waals surface area contributed by atoms with Gasteiger partial charge < -0.3 is 0 Å². The molecule has 0 aromatic heterocycles. The maximum Gasteiger partial charge on any atom is 0.243 e. The van der Waals surface area contributed by atoms with E-state index in [1.807, 2.05) is 6.92 Å². The van der Waals surface area contributed by atoms with E-state index in [4.69, 9.17) is 0 Å². The van der Waals surface area contributed by atoms with E-state index in [2.05, 4.69) is 4.72 Å². The summed E-state index contributed by atoms with van der Waals surface area (Å²) in [5.74, 6) is -0.386. The molecule has 29 heavy (non-hydrogen) atoms. The summed E-state index contributed by atoms with van der Waals surface area (Å²) in [6.45, 7) is 3.79. The van der Waals surface area contributed by atoms with Gasteiger partial charge in [0.2, 0.25) is 20.0 Å². The minimum atomic E-state index is -3.87. The number of nitrogens with zero attached hydrogens (tertiary/aromatic N) is 1. The Balaban J connectivity index is 1.87. The largest absolute Gasteiger partial charge is 0.243 e. The summed E-state index contributed by atoms with van der Waals surface area (Å²) in [6, 6.07) is 10.6. The second-order valence-electron chi connectivity index (χ2n) is 7.30. The number of halogens is 1. The molecule has 0 unspecified atom stereocenters. The number of rotatable bonds is 9. The molecule has 0 heterocycles. The molecule has 1 atom stereocenters. The Morgan fingerprint density at radius 1 is 1.00 bits per heavy atom. The van der Waals surface area contributed by atoms with Gasteiger partial charge >= 0.3 is 0 Å². The molecule has 0 amide bonds. The third kappa shape index (κ3) is 5.22. The summed E-state index contributed by atoms with van der Waals surface area (Å²) in [4.78, 5) is 0.0576. The Morgan fingerprint density at radius 2 is 1.55 bits per heavy atom. The SMILES string of the molecule is CC[C@H](C)N(Cc1ccc(F)cc1)S(=O)(=O)c1ccc(S(=O)(=O)NC2CC2)cc1. The predicted octanol–water partition coefficient (Wildman–Crippen LogP) is 3.26. The van der Waals surface area contributed by atoms with Crippen LogP contribution in [0.15, 0.2) is 58.3 Å². The molecule has 1 fully saturated rings. The first-order valence-electron chi connectivity index (χ1n) is 9.52. The van der Waals surface area contributed by atoms with E-state index in [0.29, 0.717) is 12.0 Å². The van der Waals surface area contributed by atoms with E-state index in [1.165, 1.54) is 40.7 Å². The summed E-state index contributed by atoms with van der Waals surface area (Å²) in [6.07, 6.45) is 2.23. The molecule has 0 spiro atoms. The number of hydrogen-bond donors (Lipinski definition) is 1. The lowest BCUT2D eigenvalue weighted by Crippen LogP contribution is -2.37. The van der Waals surface area contributed by atoms with Crippen molar-refractivity contribution in [1.29, 1.82) is 0 Å². The third-order valence-electron chi connectivity index (χ3n) is 4.97. The number of hydrogen-bond acceptors (Lipinski definition) is 4. The van der Waals surface area contributed by atoms with Crippen molar-refractivity contribution in [3.8, 4) is 0 Å². The number of sulfonamides is 2. The summed E-state index contributed by atoms with van der Waals surface area (Å²) in [5.41, 5.74) is 0.670. The maximum atomic E-state index is 13.2. The van der Waals surface area contributed by atoms with E-state index in [0.717, 1.165) is 12.8 Å². The monoisotopic (exact) mass is 440 g/mol. The Bertz CT molecular complexity index is 1050. The molecule has 0 bridgehead atoms. The van der Waals surface area contributed by atoms with Crippen LogP contribution in [0, 0.1) is 5.82 Å². The standard InChI is InChI=1S/C20H25FN2O4S2/c1-3-15(2)23(14-16-4-6-17(21)7-5-16)29(26,27)20-12-10-19(11-13-20)28(24,25)22-18-8-9-18/h4-7,10-13,15,18,22H,3,8-9,14H2,1-2H3/t15-/m0/s1. The Hall–Kier alpha value is -1.81. The van der Waals surface area contributed by atoms with Crippen molar-refractivity contribution in [3.63, 3.8) is 0 Å². The van der Waals surface area contributed by atoms with Gasteiger partial charge in [0, 0.05) is 18.6 Å². The molecular weight excluding hydrogens is 415 g/mol. The fraction of sp³-hybridized carbons (Fsp3) is 0.400. The Kier molecular flexibility index (Phi) is 6.42. The zero-order chi connectivity index (χ0) is 21.2.